The van der Waals surface area contributed by atoms with Crippen molar-refractivity contribution in [3.63, 3.8) is 0 Å². The number of nitriles is 1. The fourth-order valence-electron chi connectivity index (χ4n) is 2.46. The van der Waals surface area contributed by atoms with E-state index in [1.165, 1.54) is 0 Å². The lowest BCUT2D eigenvalue weighted by atomic mass is 9.91. The zero-order chi connectivity index (χ0) is 13.8. The standard InChI is InChI=1S/C13H23N3O2/c1-12(2)10-16(7-9-18-8-5-6-14)11(17)13(3,4)15-12/h15H,5,7-10H2,1-4H3. The number of carbonyl (C=O) groups is 1. The van der Waals surface area contributed by atoms with E-state index < -0.39 is 5.54 Å². The molecule has 1 rings (SSSR count). The number of nitrogens with one attached hydrogen (secondary N) is 1. The number of amides is 1. The van der Waals surface area contributed by atoms with Gasteiger partial charge in [-0.3, -0.25) is 10.1 Å². The summed E-state index contributed by atoms with van der Waals surface area (Å²) >= 11 is 0. The minimum Gasteiger partial charge on any atom is -0.379 e. The van der Waals surface area contributed by atoms with Gasteiger partial charge in [-0.1, -0.05) is 0 Å². The fourth-order valence-corrected chi connectivity index (χ4v) is 2.46. The molecule has 18 heavy (non-hydrogen) atoms. The molecule has 0 aromatic rings. The normalized spacial score (nSPS) is 21.7. The molecule has 0 aromatic carbocycles. The van der Waals surface area contributed by atoms with Gasteiger partial charge in [0.1, 0.15) is 0 Å². The highest BCUT2D eigenvalue weighted by Crippen LogP contribution is 2.21. The van der Waals surface area contributed by atoms with E-state index in [9.17, 15) is 4.79 Å². The minimum atomic E-state index is -0.533. The monoisotopic (exact) mass is 253 g/mol. The molecule has 0 unspecified atom stereocenters. The first kappa shape index (κ1) is 14.9. The molecule has 0 aliphatic carbocycles. The van der Waals surface area contributed by atoms with E-state index in [2.05, 4.69) is 19.2 Å². The van der Waals surface area contributed by atoms with Crippen LogP contribution in [0.2, 0.25) is 0 Å². The molecule has 0 bridgehead atoms. The zero-order valence-corrected chi connectivity index (χ0v) is 11.7. The van der Waals surface area contributed by atoms with E-state index in [1.54, 1.807) is 0 Å². The summed E-state index contributed by atoms with van der Waals surface area (Å²) in [6.45, 7) is 10.2. The highest BCUT2D eigenvalue weighted by atomic mass is 16.5. The number of hydrogen-bond donors (Lipinski definition) is 1. The Morgan fingerprint density at radius 3 is 2.67 bits per heavy atom. The van der Waals surface area contributed by atoms with Crippen molar-refractivity contribution in [2.75, 3.05) is 26.3 Å². The SMILES string of the molecule is CC1(C)CN(CCOCCC#N)C(=O)C(C)(C)N1. The van der Waals surface area contributed by atoms with E-state index in [0.717, 1.165) is 0 Å². The first-order chi connectivity index (χ1) is 8.28. The average Bonchev–Trinajstić information content (AvgIpc) is 2.23. The molecule has 0 aromatic heterocycles. The van der Waals surface area contributed by atoms with Crippen molar-refractivity contribution in [1.29, 1.82) is 5.26 Å². The Morgan fingerprint density at radius 2 is 2.06 bits per heavy atom. The summed E-state index contributed by atoms with van der Waals surface area (Å²) in [7, 11) is 0. The zero-order valence-electron chi connectivity index (χ0n) is 11.7. The molecule has 102 valence electrons. The van der Waals surface area contributed by atoms with Crippen molar-refractivity contribution in [3.8, 4) is 6.07 Å². The summed E-state index contributed by atoms with van der Waals surface area (Å²) < 4.78 is 5.32. The molecule has 1 N–H and O–H groups in total. The van der Waals surface area contributed by atoms with E-state index in [1.807, 2.05) is 24.8 Å². The van der Waals surface area contributed by atoms with Crippen LogP contribution < -0.4 is 5.32 Å². The third kappa shape index (κ3) is 3.97. The van der Waals surface area contributed by atoms with Gasteiger partial charge in [-0.05, 0) is 27.7 Å². The Labute approximate surface area is 109 Å². The molecule has 5 heteroatoms. The molecule has 0 atom stereocenters. The van der Waals surface area contributed by atoms with Crippen molar-refractivity contribution >= 4 is 5.91 Å². The average molecular weight is 253 g/mol. The maximum Gasteiger partial charge on any atom is 0.242 e. The summed E-state index contributed by atoms with van der Waals surface area (Å²) in [5.74, 6) is 0.103. The smallest absolute Gasteiger partial charge is 0.242 e. The first-order valence-corrected chi connectivity index (χ1v) is 6.32. The van der Waals surface area contributed by atoms with Crippen LogP contribution in [-0.4, -0.2) is 48.2 Å². The Morgan fingerprint density at radius 1 is 1.39 bits per heavy atom. The van der Waals surface area contributed by atoms with E-state index in [4.69, 9.17) is 10.00 Å². The third-order valence-corrected chi connectivity index (χ3v) is 2.92. The molecule has 0 saturated carbocycles. The van der Waals surface area contributed by atoms with Crippen LogP contribution in [0, 0.1) is 11.3 Å². The number of carbonyl (C=O) groups excluding carboxylic acids is 1. The number of hydrogen-bond acceptors (Lipinski definition) is 4. The molecule has 5 nitrogen and oxygen atoms in total. The minimum absolute atomic E-state index is 0.0932. The lowest BCUT2D eigenvalue weighted by molar-refractivity contribution is -0.144. The van der Waals surface area contributed by atoms with Crippen molar-refractivity contribution in [1.82, 2.24) is 10.2 Å². The van der Waals surface area contributed by atoms with Crippen LogP contribution in [0.25, 0.3) is 0 Å². The van der Waals surface area contributed by atoms with Crippen molar-refractivity contribution < 1.29 is 9.53 Å². The topological polar surface area (TPSA) is 65.4 Å². The lowest BCUT2D eigenvalue weighted by Gasteiger charge is -2.47. The second kappa shape index (κ2) is 5.68. The molecule has 1 heterocycles. The van der Waals surface area contributed by atoms with Crippen molar-refractivity contribution in [2.24, 2.45) is 0 Å². The predicted molar refractivity (Wildman–Crippen MR) is 68.9 cm³/mol. The summed E-state index contributed by atoms with van der Waals surface area (Å²) in [5, 5.41) is 11.7. The Bertz CT molecular complexity index is 345. The molecular formula is C13H23N3O2. The number of piperazine rings is 1. The number of nitrogens with zero attached hydrogens (tertiary/aromatic N) is 2. The molecule has 1 amide bonds. The molecule has 0 spiro atoms. The Kier molecular flexibility index (Phi) is 4.71. The van der Waals surface area contributed by atoms with Crippen molar-refractivity contribution in [2.45, 2.75) is 45.2 Å². The van der Waals surface area contributed by atoms with Gasteiger partial charge in [0.15, 0.2) is 0 Å². The van der Waals surface area contributed by atoms with Gasteiger partial charge in [-0.25, -0.2) is 0 Å². The van der Waals surface area contributed by atoms with E-state index in [-0.39, 0.29) is 11.4 Å². The largest absolute Gasteiger partial charge is 0.379 e. The van der Waals surface area contributed by atoms with Crippen LogP contribution in [-0.2, 0) is 9.53 Å². The van der Waals surface area contributed by atoms with E-state index in [0.29, 0.717) is 32.7 Å². The molecule has 1 fully saturated rings. The van der Waals surface area contributed by atoms with Crippen molar-refractivity contribution in [3.05, 3.63) is 0 Å². The summed E-state index contributed by atoms with van der Waals surface area (Å²) in [4.78, 5) is 14.0. The molecular weight excluding hydrogens is 230 g/mol. The van der Waals surface area contributed by atoms with E-state index >= 15 is 0 Å². The van der Waals surface area contributed by atoms with Gasteiger partial charge in [-0.15, -0.1) is 0 Å². The van der Waals surface area contributed by atoms with Gasteiger partial charge in [0.05, 0.1) is 31.2 Å². The van der Waals surface area contributed by atoms with Crippen LogP contribution in [0.15, 0.2) is 0 Å². The fraction of sp³-hybridized carbons (Fsp3) is 0.846. The Hall–Kier alpha value is -1.12. The predicted octanol–water partition coefficient (Wildman–Crippen LogP) is 0.906. The number of ether oxygens (including phenoxy) is 1. The second-order valence-electron chi connectivity index (χ2n) is 5.88. The Balaban J connectivity index is 2.48. The highest BCUT2D eigenvalue weighted by Gasteiger charge is 2.42. The van der Waals surface area contributed by atoms with Crippen LogP contribution >= 0.6 is 0 Å². The summed E-state index contributed by atoms with van der Waals surface area (Å²) in [5.41, 5.74) is -0.627. The van der Waals surface area contributed by atoms with Gasteiger partial charge >= 0.3 is 0 Å². The maximum absolute atomic E-state index is 12.2. The molecule has 1 aliphatic rings. The number of rotatable bonds is 5. The molecule has 1 saturated heterocycles. The van der Waals surface area contributed by atoms with Crippen LogP contribution in [0.5, 0.6) is 0 Å². The van der Waals surface area contributed by atoms with Crippen LogP contribution in [0.1, 0.15) is 34.1 Å². The van der Waals surface area contributed by atoms with Gasteiger partial charge in [0, 0.05) is 18.6 Å². The lowest BCUT2D eigenvalue weighted by Crippen LogP contribution is -2.69. The first-order valence-electron chi connectivity index (χ1n) is 6.32. The van der Waals surface area contributed by atoms with Gasteiger partial charge < -0.3 is 9.64 Å². The maximum atomic E-state index is 12.2. The highest BCUT2D eigenvalue weighted by molar-refractivity contribution is 5.86. The van der Waals surface area contributed by atoms with Gasteiger partial charge in [-0.2, -0.15) is 5.26 Å². The molecule has 0 radical (unpaired) electrons. The van der Waals surface area contributed by atoms with Gasteiger partial charge in [0.25, 0.3) is 0 Å². The summed E-state index contributed by atoms with van der Waals surface area (Å²) in [6, 6.07) is 2.03. The van der Waals surface area contributed by atoms with Crippen LogP contribution in [0.4, 0.5) is 0 Å². The summed E-state index contributed by atoms with van der Waals surface area (Å²) in [6.07, 6.45) is 0.395. The molecule has 1 aliphatic heterocycles. The second-order valence-corrected chi connectivity index (χ2v) is 5.88. The van der Waals surface area contributed by atoms with Crippen LogP contribution in [0.3, 0.4) is 0 Å². The van der Waals surface area contributed by atoms with Gasteiger partial charge in [0.2, 0.25) is 5.91 Å². The quantitative estimate of drug-likeness (QED) is 0.740. The third-order valence-electron chi connectivity index (χ3n) is 2.92.